The fourth-order valence-electron chi connectivity index (χ4n) is 0.757. The molecule has 1 fully saturated rings. The van der Waals surface area contributed by atoms with Crippen LogP contribution < -0.4 is 0 Å². The zero-order valence-corrected chi connectivity index (χ0v) is 5.42. The van der Waals surface area contributed by atoms with Crippen LogP contribution in [-0.2, 0) is 14.3 Å². The van der Waals surface area contributed by atoms with Crippen LogP contribution in [0.15, 0.2) is 0 Å². The Kier molecular flexibility index (Phi) is 2.05. The second-order valence-corrected chi connectivity index (χ2v) is 2.11. The first kappa shape index (κ1) is 6.55. The summed E-state index contributed by atoms with van der Waals surface area (Å²) in [4.78, 5) is 10.6. The number of cyclic esters (lactones) is 1. The van der Waals surface area contributed by atoms with Gasteiger partial charge in [-0.2, -0.15) is 0 Å². The van der Waals surface area contributed by atoms with Gasteiger partial charge in [0.05, 0.1) is 19.1 Å². The highest BCUT2D eigenvalue weighted by Crippen LogP contribution is 2.02. The standard InChI is InChI=1S/C6H10O3/c1-5-4-6(7)9-3-2-8-5/h5H,2-4H2,1H3/t5-/m0/s1. The Morgan fingerprint density at radius 3 is 3.11 bits per heavy atom. The number of esters is 1. The molecule has 0 amide bonds. The van der Waals surface area contributed by atoms with Crippen molar-refractivity contribution in [3.63, 3.8) is 0 Å². The van der Waals surface area contributed by atoms with Gasteiger partial charge in [-0.15, -0.1) is 0 Å². The molecule has 52 valence electrons. The number of carbonyl (C=O) groups is 1. The molecule has 0 unspecified atom stereocenters. The van der Waals surface area contributed by atoms with Gasteiger partial charge in [-0.3, -0.25) is 4.79 Å². The third-order valence-corrected chi connectivity index (χ3v) is 1.20. The molecule has 0 spiro atoms. The molecule has 9 heavy (non-hydrogen) atoms. The SMILES string of the molecule is C[C@H]1CC(=O)OCCO1. The van der Waals surface area contributed by atoms with Gasteiger partial charge in [0, 0.05) is 0 Å². The number of hydrogen-bond acceptors (Lipinski definition) is 3. The lowest BCUT2D eigenvalue weighted by Crippen LogP contribution is -2.09. The minimum Gasteiger partial charge on any atom is -0.463 e. The summed E-state index contributed by atoms with van der Waals surface area (Å²) < 4.78 is 9.84. The second kappa shape index (κ2) is 2.82. The molecular weight excluding hydrogens is 120 g/mol. The third kappa shape index (κ3) is 2.01. The molecule has 3 heteroatoms. The van der Waals surface area contributed by atoms with Crippen LogP contribution in [0.1, 0.15) is 13.3 Å². The fourth-order valence-corrected chi connectivity index (χ4v) is 0.757. The molecular formula is C6H10O3. The van der Waals surface area contributed by atoms with Crippen LogP contribution in [0.5, 0.6) is 0 Å². The molecule has 1 aliphatic rings. The van der Waals surface area contributed by atoms with Gasteiger partial charge in [0.1, 0.15) is 6.61 Å². The van der Waals surface area contributed by atoms with E-state index in [2.05, 4.69) is 0 Å². The first-order chi connectivity index (χ1) is 4.29. The molecule has 0 aromatic rings. The third-order valence-electron chi connectivity index (χ3n) is 1.20. The lowest BCUT2D eigenvalue weighted by Gasteiger charge is -2.02. The van der Waals surface area contributed by atoms with Crippen LogP contribution in [0.4, 0.5) is 0 Å². The summed E-state index contributed by atoms with van der Waals surface area (Å²) in [6.07, 6.45) is 0.417. The van der Waals surface area contributed by atoms with E-state index in [1.807, 2.05) is 6.92 Å². The summed E-state index contributed by atoms with van der Waals surface area (Å²) >= 11 is 0. The van der Waals surface area contributed by atoms with Crippen LogP contribution in [-0.4, -0.2) is 25.3 Å². The first-order valence-corrected chi connectivity index (χ1v) is 3.06. The van der Waals surface area contributed by atoms with E-state index < -0.39 is 0 Å². The van der Waals surface area contributed by atoms with Crippen LogP contribution in [0.3, 0.4) is 0 Å². The zero-order valence-electron chi connectivity index (χ0n) is 5.42. The van der Waals surface area contributed by atoms with E-state index in [-0.39, 0.29) is 12.1 Å². The smallest absolute Gasteiger partial charge is 0.308 e. The van der Waals surface area contributed by atoms with Crippen molar-refractivity contribution in [2.75, 3.05) is 13.2 Å². The highest BCUT2D eigenvalue weighted by Gasteiger charge is 2.13. The van der Waals surface area contributed by atoms with Crippen molar-refractivity contribution in [1.82, 2.24) is 0 Å². The summed E-state index contributed by atoms with van der Waals surface area (Å²) in [5.74, 6) is -0.153. The molecule has 0 saturated carbocycles. The molecule has 3 nitrogen and oxygen atoms in total. The number of ether oxygens (including phenoxy) is 2. The minimum atomic E-state index is -0.153. The molecule has 0 radical (unpaired) electrons. The molecule has 0 bridgehead atoms. The predicted octanol–water partition coefficient (Wildman–Crippen LogP) is 0.338. The highest BCUT2D eigenvalue weighted by atomic mass is 16.6. The van der Waals surface area contributed by atoms with Crippen molar-refractivity contribution >= 4 is 5.97 Å². The molecule has 1 heterocycles. The Morgan fingerprint density at radius 1 is 1.56 bits per heavy atom. The average molecular weight is 130 g/mol. The van der Waals surface area contributed by atoms with E-state index in [1.165, 1.54) is 0 Å². The van der Waals surface area contributed by atoms with Crippen LogP contribution in [0.25, 0.3) is 0 Å². The molecule has 1 aliphatic heterocycles. The van der Waals surface area contributed by atoms with Crippen molar-refractivity contribution < 1.29 is 14.3 Å². The van der Waals surface area contributed by atoms with Crippen molar-refractivity contribution in [3.8, 4) is 0 Å². The Hall–Kier alpha value is -0.570. The van der Waals surface area contributed by atoms with Gasteiger partial charge in [-0.25, -0.2) is 0 Å². The maximum atomic E-state index is 10.6. The molecule has 1 saturated heterocycles. The van der Waals surface area contributed by atoms with Crippen molar-refractivity contribution in [3.05, 3.63) is 0 Å². The van der Waals surface area contributed by atoms with Gasteiger partial charge >= 0.3 is 5.97 Å². The van der Waals surface area contributed by atoms with Crippen LogP contribution in [0, 0.1) is 0 Å². The summed E-state index contributed by atoms with van der Waals surface area (Å²) in [6.45, 7) is 2.81. The molecule has 1 rings (SSSR count). The summed E-state index contributed by atoms with van der Waals surface area (Å²) in [6, 6.07) is 0. The number of carbonyl (C=O) groups excluding carboxylic acids is 1. The van der Waals surface area contributed by atoms with Gasteiger partial charge < -0.3 is 9.47 Å². The van der Waals surface area contributed by atoms with E-state index in [4.69, 9.17) is 9.47 Å². The largest absolute Gasteiger partial charge is 0.463 e. The molecule has 0 aromatic heterocycles. The van der Waals surface area contributed by atoms with Crippen molar-refractivity contribution in [1.29, 1.82) is 0 Å². The maximum absolute atomic E-state index is 10.6. The number of rotatable bonds is 0. The summed E-state index contributed by atoms with van der Waals surface area (Å²) in [7, 11) is 0. The fraction of sp³-hybridized carbons (Fsp3) is 0.833. The number of hydrogen-bond donors (Lipinski definition) is 0. The quantitative estimate of drug-likeness (QED) is 0.443. The first-order valence-electron chi connectivity index (χ1n) is 3.06. The molecule has 0 N–H and O–H groups in total. The minimum absolute atomic E-state index is 0.0278. The Balaban J connectivity index is 2.37. The Bertz CT molecular complexity index is 111. The van der Waals surface area contributed by atoms with E-state index in [0.717, 1.165) is 0 Å². The van der Waals surface area contributed by atoms with Crippen LogP contribution >= 0.6 is 0 Å². The lowest BCUT2D eigenvalue weighted by molar-refractivity contribution is -0.142. The highest BCUT2D eigenvalue weighted by molar-refractivity contribution is 5.70. The Morgan fingerprint density at radius 2 is 2.33 bits per heavy atom. The van der Waals surface area contributed by atoms with E-state index in [9.17, 15) is 4.79 Å². The average Bonchev–Trinajstić information content (AvgIpc) is 1.93. The normalized spacial score (nSPS) is 29.0. The van der Waals surface area contributed by atoms with Gasteiger partial charge in [0.15, 0.2) is 0 Å². The molecule has 1 atom stereocenters. The summed E-state index contributed by atoms with van der Waals surface area (Å²) in [5.41, 5.74) is 0. The van der Waals surface area contributed by atoms with E-state index >= 15 is 0 Å². The van der Waals surface area contributed by atoms with E-state index in [1.54, 1.807) is 0 Å². The Labute approximate surface area is 53.9 Å². The van der Waals surface area contributed by atoms with Gasteiger partial charge in [-0.05, 0) is 6.92 Å². The second-order valence-electron chi connectivity index (χ2n) is 2.11. The zero-order chi connectivity index (χ0) is 6.69. The van der Waals surface area contributed by atoms with Crippen molar-refractivity contribution in [2.45, 2.75) is 19.4 Å². The molecule has 0 aliphatic carbocycles. The van der Waals surface area contributed by atoms with Gasteiger partial charge in [0.25, 0.3) is 0 Å². The van der Waals surface area contributed by atoms with Crippen LogP contribution in [0.2, 0.25) is 0 Å². The predicted molar refractivity (Wildman–Crippen MR) is 31.0 cm³/mol. The van der Waals surface area contributed by atoms with E-state index in [0.29, 0.717) is 19.6 Å². The monoisotopic (exact) mass is 130 g/mol. The maximum Gasteiger partial charge on any atom is 0.308 e. The van der Waals surface area contributed by atoms with Gasteiger partial charge in [0.2, 0.25) is 0 Å². The topological polar surface area (TPSA) is 35.5 Å². The molecule has 0 aromatic carbocycles. The van der Waals surface area contributed by atoms with Crippen molar-refractivity contribution in [2.24, 2.45) is 0 Å². The summed E-state index contributed by atoms with van der Waals surface area (Å²) in [5, 5.41) is 0. The lowest BCUT2D eigenvalue weighted by atomic mass is 10.3. The van der Waals surface area contributed by atoms with Gasteiger partial charge in [-0.1, -0.05) is 0 Å².